The van der Waals surface area contributed by atoms with E-state index in [2.05, 4.69) is 10.6 Å². The molecule has 0 aliphatic rings. The third-order valence-corrected chi connectivity index (χ3v) is 4.21. The fourth-order valence-electron chi connectivity index (χ4n) is 2.61. The van der Waals surface area contributed by atoms with Crippen LogP contribution in [0.2, 0.25) is 0 Å². The van der Waals surface area contributed by atoms with Crippen LogP contribution in [0.25, 0.3) is 0 Å². The molecule has 31 heavy (non-hydrogen) atoms. The summed E-state index contributed by atoms with van der Waals surface area (Å²) in [6.07, 6.45) is -1.03. The minimum atomic E-state index is -1.03. The lowest BCUT2D eigenvalue weighted by atomic mass is 10.2. The van der Waals surface area contributed by atoms with Crippen molar-refractivity contribution in [1.29, 1.82) is 0 Å². The van der Waals surface area contributed by atoms with Crippen LogP contribution in [0.15, 0.2) is 84.9 Å². The summed E-state index contributed by atoms with van der Waals surface area (Å²) in [4.78, 5) is 36.2. The zero-order valence-corrected chi connectivity index (χ0v) is 16.9. The molecule has 7 nitrogen and oxygen atoms in total. The number of nitrogens with one attached hydrogen (secondary N) is 2. The molecule has 7 heteroatoms. The first-order valence-corrected chi connectivity index (χ1v) is 9.68. The van der Waals surface area contributed by atoms with Crippen LogP contribution < -0.4 is 15.4 Å². The summed E-state index contributed by atoms with van der Waals surface area (Å²) < 4.78 is 10.8. The van der Waals surface area contributed by atoms with Gasteiger partial charge < -0.3 is 20.1 Å². The molecule has 3 aromatic carbocycles. The zero-order valence-electron chi connectivity index (χ0n) is 16.9. The molecular formula is C24H22N2O5. The maximum absolute atomic E-state index is 12.3. The van der Waals surface area contributed by atoms with E-state index < -0.39 is 23.9 Å². The van der Waals surface area contributed by atoms with Gasteiger partial charge in [0.05, 0.1) is 0 Å². The Labute approximate surface area is 180 Å². The highest BCUT2D eigenvalue weighted by Crippen LogP contribution is 2.22. The van der Waals surface area contributed by atoms with Gasteiger partial charge in [0.2, 0.25) is 0 Å². The Balaban J connectivity index is 1.44. The van der Waals surface area contributed by atoms with Crippen molar-refractivity contribution >= 4 is 23.5 Å². The van der Waals surface area contributed by atoms with Crippen LogP contribution >= 0.6 is 0 Å². The minimum absolute atomic E-state index is 0.336. The lowest BCUT2D eigenvalue weighted by Crippen LogP contribution is -2.35. The number of esters is 1. The largest absolute Gasteiger partial charge is 0.457 e. The molecule has 0 unspecified atom stereocenters. The van der Waals surface area contributed by atoms with Gasteiger partial charge >= 0.3 is 5.97 Å². The van der Waals surface area contributed by atoms with Crippen molar-refractivity contribution in [2.75, 3.05) is 11.9 Å². The second-order valence-electron chi connectivity index (χ2n) is 6.61. The molecule has 2 N–H and O–H groups in total. The molecule has 1 atom stereocenters. The Hall–Kier alpha value is -4.13. The molecular weight excluding hydrogens is 396 g/mol. The van der Waals surface area contributed by atoms with Crippen molar-refractivity contribution in [3.63, 3.8) is 0 Å². The van der Waals surface area contributed by atoms with E-state index >= 15 is 0 Å². The van der Waals surface area contributed by atoms with Crippen molar-refractivity contribution in [3.8, 4) is 11.5 Å². The van der Waals surface area contributed by atoms with Gasteiger partial charge in [-0.15, -0.1) is 0 Å². The first kappa shape index (κ1) is 21.6. The van der Waals surface area contributed by atoms with Gasteiger partial charge in [0.15, 0.2) is 6.10 Å². The number of carbonyl (C=O) groups excluding carboxylic acids is 3. The van der Waals surface area contributed by atoms with Crippen LogP contribution in [0.4, 0.5) is 5.69 Å². The first-order chi connectivity index (χ1) is 15.0. The molecule has 0 bridgehead atoms. The highest BCUT2D eigenvalue weighted by Gasteiger charge is 2.18. The molecule has 3 rings (SSSR count). The molecule has 0 spiro atoms. The molecule has 2 amide bonds. The number of hydrogen-bond acceptors (Lipinski definition) is 5. The van der Waals surface area contributed by atoms with E-state index in [1.54, 1.807) is 54.6 Å². The van der Waals surface area contributed by atoms with E-state index in [1.807, 2.05) is 30.3 Å². The fourth-order valence-corrected chi connectivity index (χ4v) is 2.61. The first-order valence-electron chi connectivity index (χ1n) is 9.68. The van der Waals surface area contributed by atoms with Crippen molar-refractivity contribution in [2.24, 2.45) is 0 Å². The van der Waals surface area contributed by atoms with Gasteiger partial charge in [0.25, 0.3) is 11.8 Å². The Morgan fingerprint density at radius 2 is 1.39 bits per heavy atom. The normalized spacial score (nSPS) is 11.1. The molecule has 0 fully saturated rings. The number of hydrogen-bond donors (Lipinski definition) is 2. The Morgan fingerprint density at radius 3 is 2.03 bits per heavy atom. The quantitative estimate of drug-likeness (QED) is 0.543. The maximum Gasteiger partial charge on any atom is 0.326 e. The summed E-state index contributed by atoms with van der Waals surface area (Å²) in [7, 11) is 0. The molecule has 0 radical (unpaired) electrons. The second-order valence-corrected chi connectivity index (χ2v) is 6.61. The molecule has 158 valence electrons. The number of amides is 2. The van der Waals surface area contributed by atoms with Gasteiger partial charge in [-0.1, -0.05) is 36.4 Å². The Bertz CT molecular complexity index is 1020. The van der Waals surface area contributed by atoms with Crippen LogP contribution in [0, 0.1) is 0 Å². The van der Waals surface area contributed by atoms with Gasteiger partial charge in [-0.2, -0.15) is 0 Å². The molecule has 0 aliphatic heterocycles. The average Bonchev–Trinajstić information content (AvgIpc) is 2.80. The maximum atomic E-state index is 12.3. The number of anilines is 1. The van der Waals surface area contributed by atoms with Crippen LogP contribution in [-0.2, 0) is 14.3 Å². The van der Waals surface area contributed by atoms with E-state index in [0.29, 0.717) is 22.7 Å². The SMILES string of the molecule is C[C@@H](OC(=O)CNC(=O)c1ccccc1)C(=O)Nc1ccc(Oc2ccccc2)cc1. The minimum Gasteiger partial charge on any atom is -0.457 e. The summed E-state index contributed by atoms with van der Waals surface area (Å²) >= 11 is 0. The summed E-state index contributed by atoms with van der Waals surface area (Å²) in [5.41, 5.74) is 0.964. The number of para-hydroxylation sites is 1. The van der Waals surface area contributed by atoms with Crippen molar-refractivity contribution < 1.29 is 23.9 Å². The topological polar surface area (TPSA) is 93.7 Å². The Kier molecular flexibility index (Phi) is 7.37. The number of carbonyl (C=O) groups is 3. The third-order valence-electron chi connectivity index (χ3n) is 4.21. The fraction of sp³-hybridized carbons (Fsp3) is 0.125. The lowest BCUT2D eigenvalue weighted by molar-refractivity contribution is -0.152. The van der Waals surface area contributed by atoms with Crippen LogP contribution in [0.3, 0.4) is 0 Å². The van der Waals surface area contributed by atoms with Crippen LogP contribution in [0.1, 0.15) is 17.3 Å². The molecule has 0 saturated heterocycles. The average molecular weight is 418 g/mol. The summed E-state index contributed by atoms with van der Waals surface area (Å²) in [5, 5.41) is 5.13. The monoisotopic (exact) mass is 418 g/mol. The highest BCUT2D eigenvalue weighted by molar-refractivity contribution is 5.97. The van der Waals surface area contributed by atoms with E-state index in [9.17, 15) is 14.4 Å². The van der Waals surface area contributed by atoms with Gasteiger partial charge in [-0.05, 0) is 55.5 Å². The lowest BCUT2D eigenvalue weighted by Gasteiger charge is -2.14. The standard InChI is InChI=1S/C24H22N2O5/c1-17(30-22(27)16-25-24(29)18-8-4-2-5-9-18)23(28)26-19-12-14-21(15-13-19)31-20-10-6-3-7-11-20/h2-15,17H,16H2,1H3,(H,25,29)(H,26,28)/t17-/m1/s1. The zero-order chi connectivity index (χ0) is 22.1. The van der Waals surface area contributed by atoms with E-state index in [-0.39, 0.29) is 6.54 Å². The summed E-state index contributed by atoms with van der Waals surface area (Å²) in [5.74, 6) is -0.262. The van der Waals surface area contributed by atoms with Gasteiger partial charge in [0.1, 0.15) is 18.0 Å². The smallest absolute Gasteiger partial charge is 0.326 e. The van der Waals surface area contributed by atoms with Gasteiger partial charge in [-0.25, -0.2) is 0 Å². The molecule has 0 aliphatic carbocycles. The van der Waals surface area contributed by atoms with Gasteiger partial charge in [-0.3, -0.25) is 14.4 Å². The van der Waals surface area contributed by atoms with Crippen molar-refractivity contribution in [3.05, 3.63) is 90.5 Å². The number of benzene rings is 3. The third kappa shape index (κ3) is 6.71. The van der Waals surface area contributed by atoms with Gasteiger partial charge in [0, 0.05) is 11.3 Å². The summed E-state index contributed by atoms with van der Waals surface area (Å²) in [6, 6.07) is 24.6. The Morgan fingerprint density at radius 1 is 0.806 bits per heavy atom. The second kappa shape index (κ2) is 10.6. The number of ether oxygens (including phenoxy) is 2. The van der Waals surface area contributed by atoms with E-state index in [0.717, 1.165) is 0 Å². The predicted molar refractivity (Wildman–Crippen MR) is 116 cm³/mol. The van der Waals surface area contributed by atoms with Crippen molar-refractivity contribution in [2.45, 2.75) is 13.0 Å². The van der Waals surface area contributed by atoms with E-state index in [1.165, 1.54) is 6.92 Å². The van der Waals surface area contributed by atoms with E-state index in [4.69, 9.17) is 9.47 Å². The highest BCUT2D eigenvalue weighted by atomic mass is 16.5. The molecule has 3 aromatic rings. The van der Waals surface area contributed by atoms with Crippen molar-refractivity contribution in [1.82, 2.24) is 5.32 Å². The summed E-state index contributed by atoms with van der Waals surface area (Å²) in [6.45, 7) is 1.12. The predicted octanol–water partition coefficient (Wildman–Crippen LogP) is 3.78. The number of rotatable bonds is 8. The van der Waals surface area contributed by atoms with Crippen LogP contribution in [-0.4, -0.2) is 30.4 Å². The van der Waals surface area contributed by atoms with Crippen LogP contribution in [0.5, 0.6) is 11.5 Å². The molecule has 0 aromatic heterocycles. The molecule has 0 saturated carbocycles. The molecule has 0 heterocycles.